The molecule has 3 rings (SSSR count). The van der Waals surface area contributed by atoms with Crippen molar-refractivity contribution in [2.24, 2.45) is 10.7 Å². The molecule has 0 saturated heterocycles. The third-order valence-electron chi connectivity index (χ3n) is 3.79. The Balaban J connectivity index is 0.00000243. The monoisotopic (exact) mass is 398 g/mol. The number of aliphatic imine (C=N–C) groups is 1. The number of benzene rings is 1. The first-order chi connectivity index (χ1) is 11.9. The Hall–Kier alpha value is -2.22. The standard InChI is InChI=1S/C17H16ClFN4O2.ClH/c1-17(9-25-8-15(20)23-17)12-6-11(3-4-13(12)19)22-16(24)14-5-2-10(18)7-21-14;/h2-7H,8-9H2,1H3,(H2,20,23)(H,22,24);1H. The fourth-order valence-electron chi connectivity index (χ4n) is 2.59. The van der Waals surface area contributed by atoms with E-state index in [2.05, 4.69) is 15.3 Å². The molecule has 3 N–H and O–H groups in total. The minimum atomic E-state index is -0.953. The Morgan fingerprint density at radius 1 is 1.38 bits per heavy atom. The smallest absolute Gasteiger partial charge is 0.274 e. The molecule has 0 radical (unpaired) electrons. The highest BCUT2D eigenvalue weighted by molar-refractivity contribution is 6.30. The van der Waals surface area contributed by atoms with Crippen molar-refractivity contribution in [3.63, 3.8) is 0 Å². The van der Waals surface area contributed by atoms with Crippen LogP contribution in [0.3, 0.4) is 0 Å². The van der Waals surface area contributed by atoms with E-state index in [1.54, 1.807) is 13.0 Å². The molecule has 2 aromatic rings. The second kappa shape index (κ2) is 7.99. The molecule has 1 atom stereocenters. The highest BCUT2D eigenvalue weighted by atomic mass is 35.5. The summed E-state index contributed by atoms with van der Waals surface area (Å²) >= 11 is 5.76. The number of halogens is 3. The summed E-state index contributed by atoms with van der Waals surface area (Å²) < 4.78 is 19.7. The number of nitrogens with one attached hydrogen (secondary N) is 1. The van der Waals surface area contributed by atoms with Crippen molar-refractivity contribution in [1.82, 2.24) is 4.98 Å². The van der Waals surface area contributed by atoms with Crippen LogP contribution < -0.4 is 11.1 Å². The average molecular weight is 399 g/mol. The highest BCUT2D eigenvalue weighted by Crippen LogP contribution is 2.32. The number of amides is 1. The maximum Gasteiger partial charge on any atom is 0.274 e. The van der Waals surface area contributed by atoms with Crippen molar-refractivity contribution in [3.05, 3.63) is 58.6 Å². The van der Waals surface area contributed by atoms with Crippen molar-refractivity contribution in [1.29, 1.82) is 0 Å². The van der Waals surface area contributed by atoms with Gasteiger partial charge >= 0.3 is 0 Å². The van der Waals surface area contributed by atoms with Gasteiger partial charge < -0.3 is 15.8 Å². The summed E-state index contributed by atoms with van der Waals surface area (Å²) in [7, 11) is 0. The molecule has 1 amide bonds. The van der Waals surface area contributed by atoms with E-state index in [0.717, 1.165) is 0 Å². The minimum Gasteiger partial charge on any atom is -0.386 e. The summed E-state index contributed by atoms with van der Waals surface area (Å²) in [6.45, 7) is 2.14. The molecule has 9 heteroatoms. The highest BCUT2D eigenvalue weighted by Gasteiger charge is 2.33. The Labute approximate surface area is 161 Å². The van der Waals surface area contributed by atoms with Gasteiger partial charge in [-0.3, -0.25) is 9.79 Å². The Bertz CT molecular complexity index is 845. The van der Waals surface area contributed by atoms with Crippen LogP contribution in [0.4, 0.5) is 10.1 Å². The Morgan fingerprint density at radius 3 is 2.81 bits per heavy atom. The molecule has 1 aromatic heterocycles. The quantitative estimate of drug-likeness (QED) is 0.830. The number of aromatic nitrogens is 1. The number of carbonyl (C=O) groups is 1. The molecule has 0 spiro atoms. The van der Waals surface area contributed by atoms with Gasteiger partial charge in [-0.25, -0.2) is 9.37 Å². The minimum absolute atomic E-state index is 0. The number of carbonyl (C=O) groups excluding carboxylic acids is 1. The van der Waals surface area contributed by atoms with Gasteiger partial charge in [0.1, 0.15) is 29.5 Å². The Kier molecular flexibility index (Phi) is 6.17. The van der Waals surface area contributed by atoms with Gasteiger partial charge in [-0.15, -0.1) is 12.4 Å². The molecule has 6 nitrogen and oxygen atoms in total. The summed E-state index contributed by atoms with van der Waals surface area (Å²) in [4.78, 5) is 20.5. The van der Waals surface area contributed by atoms with Crippen molar-refractivity contribution in [2.45, 2.75) is 12.5 Å². The van der Waals surface area contributed by atoms with Gasteiger partial charge in [0, 0.05) is 17.4 Å². The summed E-state index contributed by atoms with van der Waals surface area (Å²) in [6.07, 6.45) is 1.38. The van der Waals surface area contributed by atoms with Crippen molar-refractivity contribution in [2.75, 3.05) is 18.5 Å². The predicted octanol–water partition coefficient (Wildman–Crippen LogP) is 3.15. The van der Waals surface area contributed by atoms with Crippen molar-refractivity contribution < 1.29 is 13.9 Å². The predicted molar refractivity (Wildman–Crippen MR) is 101 cm³/mol. The normalized spacial score (nSPS) is 19.3. The van der Waals surface area contributed by atoms with Crippen LogP contribution in [-0.4, -0.2) is 29.9 Å². The van der Waals surface area contributed by atoms with Gasteiger partial charge in [0.25, 0.3) is 5.91 Å². The maximum absolute atomic E-state index is 14.3. The van der Waals surface area contributed by atoms with Gasteiger partial charge in [0.15, 0.2) is 0 Å². The molecule has 0 saturated carbocycles. The van der Waals surface area contributed by atoms with Crippen molar-refractivity contribution >= 4 is 41.4 Å². The van der Waals surface area contributed by atoms with E-state index < -0.39 is 17.3 Å². The number of pyridine rings is 1. The Morgan fingerprint density at radius 2 is 2.15 bits per heavy atom. The van der Waals surface area contributed by atoms with Gasteiger partial charge in [-0.1, -0.05) is 11.6 Å². The number of amidine groups is 1. The molecule has 2 heterocycles. The summed E-state index contributed by atoms with van der Waals surface area (Å²) in [6, 6.07) is 7.33. The third-order valence-corrected chi connectivity index (χ3v) is 4.01. The van der Waals surface area contributed by atoms with E-state index in [0.29, 0.717) is 16.5 Å². The first kappa shape index (κ1) is 20.1. The molecule has 1 aliphatic heterocycles. The van der Waals surface area contributed by atoms with Crippen LogP contribution in [0.1, 0.15) is 23.0 Å². The van der Waals surface area contributed by atoms with E-state index in [1.165, 1.54) is 30.5 Å². The van der Waals surface area contributed by atoms with Crippen LogP contribution in [0.5, 0.6) is 0 Å². The number of hydrogen-bond donors (Lipinski definition) is 2. The third kappa shape index (κ3) is 4.30. The number of anilines is 1. The summed E-state index contributed by atoms with van der Waals surface area (Å²) in [5.74, 6) is -0.581. The zero-order valence-electron chi connectivity index (χ0n) is 13.8. The second-order valence-corrected chi connectivity index (χ2v) is 6.32. The average Bonchev–Trinajstić information content (AvgIpc) is 2.57. The lowest BCUT2D eigenvalue weighted by Gasteiger charge is -2.30. The lowest BCUT2D eigenvalue weighted by molar-refractivity contribution is 0.102. The van der Waals surface area contributed by atoms with E-state index in [-0.39, 0.29) is 36.9 Å². The number of nitrogens with zero attached hydrogens (tertiary/aromatic N) is 2. The van der Waals surface area contributed by atoms with Crippen LogP contribution in [-0.2, 0) is 10.3 Å². The SMILES string of the molecule is CC1(c2cc(NC(=O)c3ccc(Cl)cn3)ccc2F)COCC(N)=N1.Cl. The first-order valence-corrected chi connectivity index (χ1v) is 7.90. The van der Waals surface area contributed by atoms with E-state index in [1.807, 2.05) is 0 Å². The van der Waals surface area contributed by atoms with E-state index in [9.17, 15) is 9.18 Å². The maximum atomic E-state index is 14.3. The first-order valence-electron chi connectivity index (χ1n) is 7.52. The van der Waals surface area contributed by atoms with E-state index >= 15 is 0 Å². The van der Waals surface area contributed by atoms with Crippen LogP contribution in [0, 0.1) is 5.82 Å². The van der Waals surface area contributed by atoms with Crippen LogP contribution >= 0.6 is 24.0 Å². The molecule has 0 bridgehead atoms. The zero-order chi connectivity index (χ0) is 18.0. The van der Waals surface area contributed by atoms with Gasteiger partial charge in [0.2, 0.25) is 0 Å². The fourth-order valence-corrected chi connectivity index (χ4v) is 2.71. The van der Waals surface area contributed by atoms with Gasteiger partial charge in [-0.05, 0) is 37.3 Å². The number of ether oxygens (including phenoxy) is 1. The largest absolute Gasteiger partial charge is 0.386 e. The molecular formula is C17H17Cl2FN4O2. The molecule has 0 aliphatic carbocycles. The topological polar surface area (TPSA) is 89.6 Å². The van der Waals surface area contributed by atoms with Crippen LogP contribution in [0.25, 0.3) is 0 Å². The summed E-state index contributed by atoms with van der Waals surface area (Å²) in [5.41, 5.74) is 5.67. The molecule has 1 unspecified atom stereocenters. The van der Waals surface area contributed by atoms with Crippen LogP contribution in [0.2, 0.25) is 5.02 Å². The molecule has 1 aromatic carbocycles. The molecular weight excluding hydrogens is 382 g/mol. The summed E-state index contributed by atoms with van der Waals surface area (Å²) in [5, 5.41) is 3.11. The molecule has 138 valence electrons. The van der Waals surface area contributed by atoms with Gasteiger partial charge in [0.05, 0.1) is 11.6 Å². The van der Waals surface area contributed by atoms with Gasteiger partial charge in [-0.2, -0.15) is 0 Å². The van der Waals surface area contributed by atoms with Crippen molar-refractivity contribution in [3.8, 4) is 0 Å². The molecule has 26 heavy (non-hydrogen) atoms. The van der Waals surface area contributed by atoms with Crippen LogP contribution in [0.15, 0.2) is 41.5 Å². The number of hydrogen-bond acceptors (Lipinski definition) is 5. The molecule has 1 aliphatic rings. The lowest BCUT2D eigenvalue weighted by atomic mass is 9.92. The fraction of sp³-hybridized carbons (Fsp3) is 0.235. The second-order valence-electron chi connectivity index (χ2n) is 5.88. The number of rotatable bonds is 3. The lowest BCUT2D eigenvalue weighted by Crippen LogP contribution is -2.38. The number of nitrogens with two attached hydrogens (primary N) is 1. The van der Waals surface area contributed by atoms with E-state index in [4.69, 9.17) is 22.1 Å². The molecule has 0 fully saturated rings. The zero-order valence-corrected chi connectivity index (χ0v) is 15.4.